The summed E-state index contributed by atoms with van der Waals surface area (Å²) in [4.78, 5) is 33.5. The predicted molar refractivity (Wildman–Crippen MR) is 106 cm³/mol. The number of nitrogens with zero attached hydrogens (tertiary/aromatic N) is 3. The monoisotopic (exact) mass is 402 g/mol. The maximum Gasteiger partial charge on any atom is 0.273 e. The molecule has 2 heterocycles. The molecule has 2 fully saturated rings. The molecule has 1 aliphatic carbocycles. The number of carbonyl (C=O) groups excluding carboxylic acids is 2. The van der Waals surface area contributed by atoms with E-state index in [9.17, 15) is 14.0 Å². The predicted octanol–water partition coefficient (Wildman–Crippen LogP) is 3.23. The molecule has 6 nitrogen and oxygen atoms in total. The van der Waals surface area contributed by atoms with Crippen molar-refractivity contribution in [2.45, 2.75) is 31.7 Å². The van der Waals surface area contributed by atoms with E-state index in [1.807, 2.05) is 4.90 Å². The normalized spacial score (nSPS) is 18.4. The highest BCUT2D eigenvalue weighted by atomic mass is 32.1. The zero-order valence-corrected chi connectivity index (χ0v) is 16.4. The minimum Gasteiger partial charge on any atom is -0.335 e. The fourth-order valence-electron chi connectivity index (χ4n) is 3.96. The van der Waals surface area contributed by atoms with Gasteiger partial charge in [0.05, 0.1) is 5.56 Å². The van der Waals surface area contributed by atoms with Gasteiger partial charge in [0.1, 0.15) is 11.5 Å². The summed E-state index contributed by atoms with van der Waals surface area (Å²) in [6, 6.07) is 6.45. The summed E-state index contributed by atoms with van der Waals surface area (Å²) in [6.07, 6.45) is 5.16. The Kier molecular flexibility index (Phi) is 5.68. The van der Waals surface area contributed by atoms with E-state index < -0.39 is 11.7 Å². The summed E-state index contributed by atoms with van der Waals surface area (Å²) >= 11 is 1.17. The molecule has 2 aromatic rings. The average molecular weight is 402 g/mol. The number of benzene rings is 1. The summed E-state index contributed by atoms with van der Waals surface area (Å²) in [5.74, 6) is -1.28. The number of hydrogen-bond acceptors (Lipinski definition) is 5. The Bertz CT molecular complexity index is 857. The first-order valence-electron chi connectivity index (χ1n) is 9.66. The highest BCUT2D eigenvalue weighted by Gasteiger charge is 2.29. The van der Waals surface area contributed by atoms with Crippen LogP contribution in [0.4, 0.5) is 9.52 Å². The Morgan fingerprint density at radius 1 is 1.11 bits per heavy atom. The van der Waals surface area contributed by atoms with Crippen molar-refractivity contribution in [3.8, 4) is 0 Å². The van der Waals surface area contributed by atoms with Crippen molar-refractivity contribution in [3.63, 3.8) is 0 Å². The quantitative estimate of drug-likeness (QED) is 0.853. The van der Waals surface area contributed by atoms with Crippen molar-refractivity contribution in [1.82, 2.24) is 14.8 Å². The lowest BCUT2D eigenvalue weighted by Crippen LogP contribution is -2.51. The van der Waals surface area contributed by atoms with E-state index in [1.54, 1.807) is 11.4 Å². The van der Waals surface area contributed by atoms with Gasteiger partial charge in [0.25, 0.3) is 11.8 Å². The van der Waals surface area contributed by atoms with Crippen LogP contribution in [0.5, 0.6) is 0 Å². The molecule has 1 saturated heterocycles. The Hall–Kier alpha value is -2.32. The molecule has 8 heteroatoms. The van der Waals surface area contributed by atoms with Crippen LogP contribution in [0.1, 0.15) is 46.5 Å². The molecule has 1 saturated carbocycles. The average Bonchev–Trinajstić information content (AvgIpc) is 3.40. The Morgan fingerprint density at radius 3 is 2.54 bits per heavy atom. The summed E-state index contributed by atoms with van der Waals surface area (Å²) in [5, 5.41) is 4.51. The molecular weight excluding hydrogens is 379 g/mol. The number of piperazine rings is 1. The molecule has 1 aromatic heterocycles. The minimum absolute atomic E-state index is 0.0476. The smallest absolute Gasteiger partial charge is 0.273 e. The van der Waals surface area contributed by atoms with Gasteiger partial charge in [0.2, 0.25) is 0 Å². The lowest BCUT2D eigenvalue weighted by molar-refractivity contribution is 0.0568. The first-order valence-corrected chi connectivity index (χ1v) is 10.5. The van der Waals surface area contributed by atoms with Crippen molar-refractivity contribution in [2.24, 2.45) is 0 Å². The maximum absolute atomic E-state index is 13.7. The first-order chi connectivity index (χ1) is 13.6. The third-order valence-electron chi connectivity index (χ3n) is 5.50. The van der Waals surface area contributed by atoms with Crippen LogP contribution in [0, 0.1) is 5.82 Å². The molecule has 0 radical (unpaired) electrons. The van der Waals surface area contributed by atoms with Crippen LogP contribution in [0.3, 0.4) is 0 Å². The van der Waals surface area contributed by atoms with Crippen LogP contribution in [-0.2, 0) is 0 Å². The number of hydrogen-bond donors (Lipinski definition) is 1. The topological polar surface area (TPSA) is 65.5 Å². The zero-order valence-electron chi connectivity index (χ0n) is 15.6. The second-order valence-corrected chi connectivity index (χ2v) is 8.10. The summed E-state index contributed by atoms with van der Waals surface area (Å²) in [5.41, 5.74) is 0.275. The molecule has 0 atom stereocenters. The van der Waals surface area contributed by atoms with Crippen molar-refractivity contribution >= 4 is 28.3 Å². The number of amides is 2. The van der Waals surface area contributed by atoms with Crippen molar-refractivity contribution in [3.05, 3.63) is 46.7 Å². The van der Waals surface area contributed by atoms with Crippen molar-refractivity contribution in [1.29, 1.82) is 0 Å². The van der Waals surface area contributed by atoms with Crippen LogP contribution in [0.15, 0.2) is 29.6 Å². The minimum atomic E-state index is -0.590. The third kappa shape index (κ3) is 4.07. The van der Waals surface area contributed by atoms with Crippen LogP contribution in [0.25, 0.3) is 0 Å². The molecule has 0 unspecified atom stereocenters. The number of nitrogens with one attached hydrogen (secondary N) is 1. The van der Waals surface area contributed by atoms with E-state index in [1.165, 1.54) is 55.2 Å². The highest BCUT2D eigenvalue weighted by molar-refractivity contribution is 7.14. The molecule has 1 aliphatic heterocycles. The largest absolute Gasteiger partial charge is 0.335 e. The fourth-order valence-corrected chi connectivity index (χ4v) is 4.64. The lowest BCUT2D eigenvalue weighted by atomic mass is 10.2. The number of aromatic nitrogens is 1. The molecule has 2 amide bonds. The van der Waals surface area contributed by atoms with Gasteiger partial charge in [-0.05, 0) is 25.0 Å². The number of thiazole rings is 1. The van der Waals surface area contributed by atoms with E-state index in [4.69, 9.17) is 0 Å². The molecule has 0 spiro atoms. The molecule has 28 heavy (non-hydrogen) atoms. The van der Waals surface area contributed by atoms with Gasteiger partial charge in [-0.2, -0.15) is 0 Å². The number of rotatable bonds is 4. The summed E-state index contributed by atoms with van der Waals surface area (Å²) in [6.45, 7) is 3.20. The second kappa shape index (κ2) is 8.36. The molecule has 0 bridgehead atoms. The summed E-state index contributed by atoms with van der Waals surface area (Å²) in [7, 11) is 0. The second-order valence-electron chi connectivity index (χ2n) is 7.24. The van der Waals surface area contributed by atoms with Gasteiger partial charge in [0.15, 0.2) is 5.13 Å². The van der Waals surface area contributed by atoms with Crippen molar-refractivity contribution in [2.75, 3.05) is 31.5 Å². The standard InChI is InChI=1S/C20H23FN4O2S/c21-16-8-4-3-7-15(16)18(26)23-20-22-17(13-28-20)19(27)25-11-9-24(10-12-25)14-5-1-2-6-14/h3-4,7-8,13-14H,1-2,5-6,9-12H2,(H,22,23,26). The van der Waals surface area contributed by atoms with Crippen LogP contribution in [-0.4, -0.2) is 58.8 Å². The van der Waals surface area contributed by atoms with Crippen molar-refractivity contribution < 1.29 is 14.0 Å². The zero-order chi connectivity index (χ0) is 19.5. The van der Waals surface area contributed by atoms with E-state index in [0.29, 0.717) is 30.0 Å². The molecule has 148 valence electrons. The van der Waals surface area contributed by atoms with E-state index >= 15 is 0 Å². The molecule has 2 aliphatic rings. The van der Waals surface area contributed by atoms with Gasteiger partial charge in [-0.3, -0.25) is 19.8 Å². The van der Waals surface area contributed by atoms with Crippen LogP contribution in [0.2, 0.25) is 0 Å². The third-order valence-corrected chi connectivity index (χ3v) is 6.26. The van der Waals surface area contributed by atoms with Crippen LogP contribution >= 0.6 is 11.3 Å². The number of carbonyl (C=O) groups is 2. The number of halogens is 1. The Balaban J connectivity index is 1.34. The van der Waals surface area contributed by atoms with Gasteiger partial charge in [-0.15, -0.1) is 11.3 Å². The van der Waals surface area contributed by atoms with E-state index in [0.717, 1.165) is 13.1 Å². The molecule has 1 aromatic carbocycles. The Labute approximate surface area is 167 Å². The molecule has 4 rings (SSSR count). The molecular formula is C20H23FN4O2S. The van der Waals surface area contributed by atoms with Gasteiger partial charge in [-0.25, -0.2) is 9.37 Å². The maximum atomic E-state index is 13.7. The van der Waals surface area contributed by atoms with E-state index in [-0.39, 0.29) is 11.5 Å². The molecule has 1 N–H and O–H groups in total. The highest BCUT2D eigenvalue weighted by Crippen LogP contribution is 2.25. The number of anilines is 1. The fraction of sp³-hybridized carbons (Fsp3) is 0.450. The Morgan fingerprint density at radius 2 is 1.82 bits per heavy atom. The summed E-state index contributed by atoms with van der Waals surface area (Å²) < 4.78 is 13.7. The first kappa shape index (κ1) is 19.0. The lowest BCUT2D eigenvalue weighted by Gasteiger charge is -2.37. The van der Waals surface area contributed by atoms with Gasteiger partial charge >= 0.3 is 0 Å². The van der Waals surface area contributed by atoms with Gasteiger partial charge in [-0.1, -0.05) is 25.0 Å². The van der Waals surface area contributed by atoms with E-state index in [2.05, 4.69) is 15.2 Å². The van der Waals surface area contributed by atoms with Gasteiger partial charge < -0.3 is 4.90 Å². The van der Waals surface area contributed by atoms with Gasteiger partial charge in [0, 0.05) is 37.6 Å². The van der Waals surface area contributed by atoms with Crippen LogP contribution < -0.4 is 5.32 Å². The SMILES string of the molecule is O=C(Nc1nc(C(=O)N2CCN(C3CCCC3)CC2)cs1)c1ccccc1F.